The number of ether oxygens (including phenoxy) is 1. The quantitative estimate of drug-likeness (QED) is 0.609. The third kappa shape index (κ3) is 2.81. The summed E-state index contributed by atoms with van der Waals surface area (Å²) in [7, 11) is 0. The Balaban J connectivity index is 2.23. The lowest BCUT2D eigenvalue weighted by Crippen LogP contribution is -1.90. The van der Waals surface area contributed by atoms with Gasteiger partial charge in [-0.3, -0.25) is 0 Å². The summed E-state index contributed by atoms with van der Waals surface area (Å²) in [4.78, 5) is 7.48. The zero-order valence-corrected chi connectivity index (χ0v) is 9.34. The van der Waals surface area contributed by atoms with Gasteiger partial charge in [0.1, 0.15) is 16.7 Å². The van der Waals surface area contributed by atoms with E-state index < -0.39 is 0 Å². The highest BCUT2D eigenvalue weighted by atomic mass is 35.5. The Bertz CT molecular complexity index is 484. The highest BCUT2D eigenvalue weighted by molar-refractivity contribution is 6.31. The molecule has 0 radical (unpaired) electrons. The number of hydrogen-bond acceptors (Lipinski definition) is 3. The molecule has 2 aromatic rings. The van der Waals surface area contributed by atoms with Crippen LogP contribution in [0.25, 0.3) is 0 Å². The molecule has 0 N–H and O–H groups in total. The van der Waals surface area contributed by atoms with Crippen molar-refractivity contribution in [2.24, 2.45) is 0 Å². The summed E-state index contributed by atoms with van der Waals surface area (Å²) in [6.45, 7) is 0. The summed E-state index contributed by atoms with van der Waals surface area (Å²) >= 11 is 11.3. The van der Waals surface area contributed by atoms with Crippen LogP contribution >= 0.6 is 23.2 Å². The van der Waals surface area contributed by atoms with Gasteiger partial charge in [0.25, 0.3) is 0 Å². The summed E-state index contributed by atoms with van der Waals surface area (Å²) in [5.41, 5.74) is 0. The lowest BCUT2D eigenvalue weighted by Gasteiger charge is -2.04. The van der Waals surface area contributed by atoms with Crippen molar-refractivity contribution in [2.45, 2.75) is 0 Å². The van der Waals surface area contributed by atoms with Crippen LogP contribution in [0.4, 0.5) is 4.39 Å². The third-order valence-electron chi connectivity index (χ3n) is 1.68. The maximum absolute atomic E-state index is 12.6. The molecule has 82 valence electrons. The normalized spacial score (nSPS) is 10.2. The number of aromatic nitrogens is 2. The third-order valence-corrected chi connectivity index (χ3v) is 2.04. The summed E-state index contributed by atoms with van der Waals surface area (Å²) in [6, 6.07) is 6.91. The SMILES string of the molecule is Fc1ccc(Oc2cc(Cl)nc(Cl)n2)cc1. The minimum Gasteiger partial charge on any atom is -0.439 e. The highest BCUT2D eigenvalue weighted by Gasteiger charge is 2.03. The molecule has 0 bridgehead atoms. The summed E-state index contributed by atoms with van der Waals surface area (Å²) in [5, 5.41) is 0.168. The van der Waals surface area contributed by atoms with Crippen molar-refractivity contribution in [3.63, 3.8) is 0 Å². The van der Waals surface area contributed by atoms with Crippen LogP contribution in [0.2, 0.25) is 10.4 Å². The van der Waals surface area contributed by atoms with E-state index in [-0.39, 0.29) is 22.1 Å². The first kappa shape index (κ1) is 11.1. The standard InChI is InChI=1S/C10H5Cl2FN2O/c11-8-5-9(15-10(12)14-8)16-7-3-1-6(13)2-4-7/h1-5H. The van der Waals surface area contributed by atoms with Crippen molar-refractivity contribution in [1.29, 1.82) is 0 Å². The predicted octanol–water partition coefficient (Wildman–Crippen LogP) is 3.71. The molecule has 16 heavy (non-hydrogen) atoms. The van der Waals surface area contributed by atoms with Crippen LogP contribution in [0, 0.1) is 5.82 Å². The van der Waals surface area contributed by atoms with E-state index in [2.05, 4.69) is 9.97 Å². The fourth-order valence-electron chi connectivity index (χ4n) is 1.05. The zero-order valence-electron chi connectivity index (χ0n) is 7.82. The average Bonchev–Trinajstić information content (AvgIpc) is 2.20. The van der Waals surface area contributed by atoms with Crippen LogP contribution in [0.1, 0.15) is 0 Å². The van der Waals surface area contributed by atoms with Gasteiger partial charge in [0, 0.05) is 6.07 Å². The molecule has 2 rings (SSSR count). The number of benzene rings is 1. The molecule has 1 heterocycles. The first-order chi connectivity index (χ1) is 7.63. The van der Waals surface area contributed by atoms with Gasteiger partial charge in [-0.1, -0.05) is 11.6 Å². The fraction of sp³-hybridized carbons (Fsp3) is 0. The van der Waals surface area contributed by atoms with E-state index in [4.69, 9.17) is 27.9 Å². The Morgan fingerprint density at radius 2 is 1.75 bits per heavy atom. The molecule has 0 saturated carbocycles. The number of hydrogen-bond donors (Lipinski definition) is 0. The number of halogens is 3. The van der Waals surface area contributed by atoms with Crippen LogP contribution in [0.15, 0.2) is 30.3 Å². The van der Waals surface area contributed by atoms with E-state index in [0.29, 0.717) is 5.75 Å². The lowest BCUT2D eigenvalue weighted by atomic mass is 10.3. The molecule has 0 aliphatic carbocycles. The second kappa shape index (κ2) is 4.63. The van der Waals surface area contributed by atoms with Gasteiger partial charge in [-0.05, 0) is 35.9 Å². The number of rotatable bonds is 2. The Labute approximate surface area is 101 Å². The molecule has 6 heteroatoms. The molecular formula is C10H5Cl2FN2O. The van der Waals surface area contributed by atoms with Gasteiger partial charge in [0.05, 0.1) is 0 Å². The molecule has 0 amide bonds. The van der Waals surface area contributed by atoms with Crippen LogP contribution < -0.4 is 4.74 Å². The van der Waals surface area contributed by atoms with Crippen molar-refractivity contribution >= 4 is 23.2 Å². The molecule has 0 unspecified atom stereocenters. The second-order valence-corrected chi connectivity index (χ2v) is 3.58. The van der Waals surface area contributed by atoms with E-state index in [1.54, 1.807) is 0 Å². The molecule has 0 atom stereocenters. The maximum Gasteiger partial charge on any atom is 0.227 e. The van der Waals surface area contributed by atoms with Gasteiger partial charge in [0.15, 0.2) is 0 Å². The minimum atomic E-state index is -0.342. The maximum atomic E-state index is 12.6. The predicted molar refractivity (Wildman–Crippen MR) is 58.5 cm³/mol. The Morgan fingerprint density at radius 3 is 2.38 bits per heavy atom. The smallest absolute Gasteiger partial charge is 0.227 e. The molecule has 1 aromatic heterocycles. The minimum absolute atomic E-state index is 0.00962. The molecule has 0 fully saturated rings. The van der Waals surface area contributed by atoms with Crippen molar-refractivity contribution in [3.8, 4) is 11.6 Å². The molecular weight excluding hydrogens is 254 g/mol. The van der Waals surface area contributed by atoms with Crippen LogP contribution in [0.3, 0.4) is 0 Å². The summed E-state index contributed by atoms with van der Waals surface area (Å²) in [6.07, 6.45) is 0. The van der Waals surface area contributed by atoms with E-state index in [1.165, 1.54) is 30.3 Å². The molecule has 0 aliphatic heterocycles. The Hall–Kier alpha value is -1.39. The summed E-state index contributed by atoms with van der Waals surface area (Å²) < 4.78 is 17.9. The number of nitrogens with zero attached hydrogens (tertiary/aromatic N) is 2. The van der Waals surface area contributed by atoms with Gasteiger partial charge in [-0.2, -0.15) is 4.98 Å². The zero-order chi connectivity index (χ0) is 11.5. The molecule has 0 spiro atoms. The monoisotopic (exact) mass is 258 g/mol. The van der Waals surface area contributed by atoms with E-state index >= 15 is 0 Å². The van der Waals surface area contributed by atoms with E-state index in [0.717, 1.165) is 0 Å². The van der Waals surface area contributed by atoms with Gasteiger partial charge < -0.3 is 4.74 Å². The first-order valence-corrected chi connectivity index (χ1v) is 5.02. The fourth-order valence-corrected chi connectivity index (χ4v) is 1.44. The average molecular weight is 259 g/mol. The van der Waals surface area contributed by atoms with Crippen LogP contribution in [-0.4, -0.2) is 9.97 Å². The molecule has 1 aromatic carbocycles. The Kier molecular flexibility index (Phi) is 3.22. The molecule has 0 saturated heterocycles. The largest absolute Gasteiger partial charge is 0.439 e. The second-order valence-electron chi connectivity index (χ2n) is 2.85. The van der Waals surface area contributed by atoms with Gasteiger partial charge in [-0.15, -0.1) is 0 Å². The van der Waals surface area contributed by atoms with Crippen molar-refractivity contribution in [1.82, 2.24) is 9.97 Å². The molecule has 3 nitrogen and oxygen atoms in total. The first-order valence-electron chi connectivity index (χ1n) is 4.27. The van der Waals surface area contributed by atoms with E-state index in [9.17, 15) is 4.39 Å². The van der Waals surface area contributed by atoms with Crippen LogP contribution in [0.5, 0.6) is 11.6 Å². The molecule has 0 aliphatic rings. The van der Waals surface area contributed by atoms with Gasteiger partial charge in [0.2, 0.25) is 11.2 Å². The van der Waals surface area contributed by atoms with Crippen molar-refractivity contribution in [2.75, 3.05) is 0 Å². The van der Waals surface area contributed by atoms with Gasteiger partial charge >= 0.3 is 0 Å². The Morgan fingerprint density at radius 1 is 1.06 bits per heavy atom. The van der Waals surface area contributed by atoms with E-state index in [1.807, 2.05) is 0 Å². The topological polar surface area (TPSA) is 35.0 Å². The van der Waals surface area contributed by atoms with Gasteiger partial charge in [-0.25, -0.2) is 9.37 Å². The van der Waals surface area contributed by atoms with Crippen molar-refractivity contribution in [3.05, 3.63) is 46.6 Å². The lowest BCUT2D eigenvalue weighted by molar-refractivity contribution is 0.460. The van der Waals surface area contributed by atoms with Crippen LogP contribution in [-0.2, 0) is 0 Å². The highest BCUT2D eigenvalue weighted by Crippen LogP contribution is 2.22. The van der Waals surface area contributed by atoms with Crippen molar-refractivity contribution < 1.29 is 9.13 Å². The summed E-state index contributed by atoms with van der Waals surface area (Å²) in [5.74, 6) is 0.301.